The quantitative estimate of drug-likeness (QED) is 0.674. The van der Waals surface area contributed by atoms with Crippen molar-refractivity contribution >= 4 is 30.1 Å². The fraction of sp³-hybridized carbons (Fsp3) is 0.375. The van der Waals surface area contributed by atoms with E-state index < -0.39 is 29.2 Å². The number of nitrogens with zero attached hydrogens (tertiary/aromatic N) is 2. The van der Waals surface area contributed by atoms with Gasteiger partial charge in [-0.1, -0.05) is 12.1 Å². The van der Waals surface area contributed by atoms with Crippen LogP contribution in [0.2, 0.25) is 0 Å². The summed E-state index contributed by atoms with van der Waals surface area (Å²) < 4.78 is 35.6. The minimum Gasteiger partial charge on any atom is -0.442 e. The van der Waals surface area contributed by atoms with Gasteiger partial charge in [0.25, 0.3) is 0 Å². The summed E-state index contributed by atoms with van der Waals surface area (Å²) >= 11 is 0. The van der Waals surface area contributed by atoms with Crippen LogP contribution in [0.3, 0.4) is 0 Å². The number of rotatable bonds is 5. The number of benzene rings is 2. The van der Waals surface area contributed by atoms with Gasteiger partial charge in [-0.05, 0) is 29.8 Å². The Hall–Kier alpha value is -3.22. The Bertz CT molecular complexity index is 1190. The molecule has 2 saturated heterocycles. The lowest BCUT2D eigenvalue weighted by Gasteiger charge is -2.20. The molecule has 2 aliphatic heterocycles. The van der Waals surface area contributed by atoms with Crippen LogP contribution >= 0.6 is 12.4 Å². The van der Waals surface area contributed by atoms with Crippen LogP contribution in [-0.2, 0) is 14.9 Å². The Kier molecular flexibility index (Phi) is 6.23. The Morgan fingerprint density at radius 3 is 2.62 bits per heavy atom. The van der Waals surface area contributed by atoms with E-state index in [9.17, 15) is 14.9 Å². The molecule has 3 fully saturated rings. The normalized spacial score (nSPS) is 26.8. The number of cyclic esters (lactones) is 1. The summed E-state index contributed by atoms with van der Waals surface area (Å²) in [4.78, 5) is 24.7. The van der Waals surface area contributed by atoms with Crippen LogP contribution < -0.4 is 15.5 Å². The van der Waals surface area contributed by atoms with Gasteiger partial charge in [-0.15, -0.1) is 12.4 Å². The summed E-state index contributed by atoms with van der Waals surface area (Å²) in [7, 11) is 0. The highest BCUT2D eigenvalue weighted by Crippen LogP contribution is 2.63. The first kappa shape index (κ1) is 23.9. The van der Waals surface area contributed by atoms with Gasteiger partial charge in [0, 0.05) is 43.0 Å². The fourth-order valence-corrected chi connectivity index (χ4v) is 5.29. The van der Waals surface area contributed by atoms with E-state index in [1.165, 1.54) is 36.1 Å². The largest absolute Gasteiger partial charge is 0.442 e. The lowest BCUT2D eigenvalue weighted by molar-refractivity contribution is -0.119. The van der Waals surface area contributed by atoms with Crippen LogP contribution in [-0.4, -0.2) is 44.3 Å². The number of hydrogen-bond acceptors (Lipinski definition) is 5. The first-order chi connectivity index (χ1) is 15.9. The topological polar surface area (TPSA) is 94.5 Å². The molecule has 5 rings (SSSR count). The number of fused-ring (bicyclic) bond motifs is 1. The number of halogens is 3. The van der Waals surface area contributed by atoms with Crippen molar-refractivity contribution in [3.8, 4) is 17.2 Å². The van der Waals surface area contributed by atoms with Crippen molar-refractivity contribution < 1.29 is 23.1 Å². The fourth-order valence-electron chi connectivity index (χ4n) is 5.29. The first-order valence-corrected chi connectivity index (χ1v) is 10.8. The summed E-state index contributed by atoms with van der Waals surface area (Å²) in [5.41, 5.74) is 0.0940. The number of nitriles is 1. The molecule has 1 saturated carbocycles. The van der Waals surface area contributed by atoms with Crippen molar-refractivity contribution in [2.45, 2.75) is 18.4 Å². The van der Waals surface area contributed by atoms with E-state index in [1.54, 1.807) is 12.1 Å². The smallest absolute Gasteiger partial charge is 0.414 e. The summed E-state index contributed by atoms with van der Waals surface area (Å²) in [6.07, 6.45) is -1.18. The van der Waals surface area contributed by atoms with E-state index in [-0.39, 0.29) is 54.4 Å². The standard InChI is InChI=1S/C24H22F2N4O3.ClH/c1-13(31)29-8-15-11-30(23(32)33-15)14-5-6-16(21(26)7-14)17-3-2-4-20(25)22(17)24(12-27)18-9-28-10-19(18)24;/h2-7,15,18-19,28H,8-11H2,1H3,(H,29,31);1H/t15-,18?,19?,24?;/m0./s1. The van der Waals surface area contributed by atoms with Crippen LogP contribution in [0.15, 0.2) is 36.4 Å². The second-order valence-electron chi connectivity index (χ2n) is 8.73. The van der Waals surface area contributed by atoms with Crippen LogP contribution in [0.5, 0.6) is 0 Å². The molecule has 2 unspecified atom stereocenters. The third-order valence-corrected chi connectivity index (χ3v) is 6.89. The second-order valence-corrected chi connectivity index (χ2v) is 8.73. The lowest BCUT2D eigenvalue weighted by atomic mass is 9.85. The molecule has 2 amide bonds. The number of anilines is 1. The van der Waals surface area contributed by atoms with Gasteiger partial charge < -0.3 is 15.4 Å². The van der Waals surface area contributed by atoms with Gasteiger partial charge in [0.15, 0.2) is 0 Å². The average molecular weight is 489 g/mol. The van der Waals surface area contributed by atoms with E-state index in [2.05, 4.69) is 16.7 Å². The molecule has 34 heavy (non-hydrogen) atoms. The Morgan fingerprint density at radius 2 is 1.97 bits per heavy atom. The third kappa shape index (κ3) is 3.67. The molecule has 2 aromatic carbocycles. The highest BCUT2D eigenvalue weighted by Gasteiger charge is 2.69. The zero-order valence-electron chi connectivity index (χ0n) is 18.3. The third-order valence-electron chi connectivity index (χ3n) is 6.89. The van der Waals surface area contributed by atoms with Gasteiger partial charge in [0.05, 0.1) is 30.3 Å². The van der Waals surface area contributed by atoms with E-state index in [0.717, 1.165) is 0 Å². The number of piperidine rings is 1. The molecule has 7 nitrogen and oxygen atoms in total. The molecule has 1 aliphatic carbocycles. The molecule has 2 aromatic rings. The Labute approximate surface area is 201 Å². The van der Waals surface area contributed by atoms with Crippen molar-refractivity contribution in [3.05, 3.63) is 53.6 Å². The predicted molar refractivity (Wildman–Crippen MR) is 122 cm³/mol. The molecular weight excluding hydrogens is 466 g/mol. The molecule has 0 spiro atoms. The highest BCUT2D eigenvalue weighted by molar-refractivity contribution is 5.90. The molecule has 0 radical (unpaired) electrons. The van der Waals surface area contributed by atoms with E-state index >= 15 is 8.78 Å². The average Bonchev–Trinajstić information content (AvgIpc) is 3.11. The Balaban J connectivity index is 0.00000274. The molecule has 2 heterocycles. The van der Waals surface area contributed by atoms with Crippen LogP contribution in [0.4, 0.5) is 19.3 Å². The van der Waals surface area contributed by atoms with Crippen LogP contribution in [0.1, 0.15) is 12.5 Å². The maximum absolute atomic E-state index is 15.3. The maximum Gasteiger partial charge on any atom is 0.414 e. The van der Waals surface area contributed by atoms with Gasteiger partial charge in [0.1, 0.15) is 17.7 Å². The molecular formula is C24H23ClF2N4O3. The molecule has 3 atom stereocenters. The highest BCUT2D eigenvalue weighted by atomic mass is 35.5. The number of carbonyl (C=O) groups is 2. The number of hydrogen-bond donors (Lipinski definition) is 2. The zero-order chi connectivity index (χ0) is 23.3. The SMILES string of the molecule is CC(=O)NC[C@H]1CN(c2ccc(-c3cccc(F)c3C3(C#N)C4CNCC43)c(F)c2)C(=O)O1.Cl. The summed E-state index contributed by atoms with van der Waals surface area (Å²) in [5, 5.41) is 15.8. The van der Waals surface area contributed by atoms with E-state index in [1.807, 2.05) is 0 Å². The monoisotopic (exact) mass is 488 g/mol. The number of amides is 2. The Morgan fingerprint density at radius 1 is 1.24 bits per heavy atom. The molecule has 178 valence electrons. The second kappa shape index (κ2) is 8.85. The number of ether oxygens (including phenoxy) is 1. The van der Waals surface area contributed by atoms with Crippen molar-refractivity contribution in [1.29, 1.82) is 5.26 Å². The van der Waals surface area contributed by atoms with Crippen LogP contribution in [0, 0.1) is 34.8 Å². The minimum atomic E-state index is -0.966. The molecule has 0 bridgehead atoms. The minimum absolute atomic E-state index is 0. The number of nitrogens with one attached hydrogen (secondary N) is 2. The van der Waals surface area contributed by atoms with Gasteiger partial charge in [-0.2, -0.15) is 5.26 Å². The maximum atomic E-state index is 15.3. The van der Waals surface area contributed by atoms with Gasteiger partial charge in [0.2, 0.25) is 5.91 Å². The van der Waals surface area contributed by atoms with Gasteiger partial charge >= 0.3 is 6.09 Å². The molecule has 3 aliphatic rings. The van der Waals surface area contributed by atoms with E-state index in [4.69, 9.17) is 4.74 Å². The summed E-state index contributed by atoms with van der Waals surface area (Å²) in [6, 6.07) is 11.1. The predicted octanol–water partition coefficient (Wildman–Crippen LogP) is 3.13. The van der Waals surface area contributed by atoms with Gasteiger partial charge in [-0.3, -0.25) is 9.69 Å². The van der Waals surface area contributed by atoms with Crippen molar-refractivity contribution in [2.75, 3.05) is 31.1 Å². The van der Waals surface area contributed by atoms with Crippen LogP contribution in [0.25, 0.3) is 11.1 Å². The van der Waals surface area contributed by atoms with Crippen molar-refractivity contribution in [2.24, 2.45) is 11.8 Å². The van der Waals surface area contributed by atoms with Gasteiger partial charge in [-0.25, -0.2) is 13.6 Å². The summed E-state index contributed by atoms with van der Waals surface area (Å²) in [6.45, 7) is 2.95. The molecule has 0 aromatic heterocycles. The first-order valence-electron chi connectivity index (χ1n) is 10.8. The van der Waals surface area contributed by atoms with Crippen molar-refractivity contribution in [3.63, 3.8) is 0 Å². The number of carbonyl (C=O) groups excluding carboxylic acids is 2. The molecule has 10 heteroatoms. The summed E-state index contributed by atoms with van der Waals surface area (Å²) in [5.74, 6) is -1.39. The molecule has 2 N–H and O–H groups in total. The van der Waals surface area contributed by atoms with Crippen molar-refractivity contribution in [1.82, 2.24) is 10.6 Å². The zero-order valence-corrected chi connectivity index (χ0v) is 19.1. The lowest BCUT2D eigenvalue weighted by Crippen LogP contribution is -2.33. The van der Waals surface area contributed by atoms with E-state index in [0.29, 0.717) is 24.3 Å².